The van der Waals surface area contributed by atoms with Crippen LogP contribution in [0.4, 0.5) is 0 Å². The van der Waals surface area contributed by atoms with Crippen molar-refractivity contribution in [3.63, 3.8) is 0 Å². The molecule has 6 nitrogen and oxygen atoms in total. The highest BCUT2D eigenvalue weighted by molar-refractivity contribution is 5.71. The van der Waals surface area contributed by atoms with Crippen LogP contribution in [0.3, 0.4) is 0 Å². The Bertz CT molecular complexity index is 1360. The first-order valence-corrected chi connectivity index (χ1v) is 35.1. The number of hydrogen-bond donors (Lipinski definition) is 0. The largest absolute Gasteiger partial charge is 0.462 e. The third-order valence-electron chi connectivity index (χ3n) is 15.9. The average Bonchev–Trinajstić information content (AvgIpc) is 3.45. The van der Waals surface area contributed by atoms with Gasteiger partial charge >= 0.3 is 17.9 Å². The molecule has 0 saturated heterocycles. The molecule has 462 valence electrons. The topological polar surface area (TPSA) is 78.9 Å². The van der Waals surface area contributed by atoms with Gasteiger partial charge in [-0.25, -0.2) is 0 Å². The average molecular weight is 1110 g/mol. The first-order chi connectivity index (χ1) is 39.0. The summed E-state index contributed by atoms with van der Waals surface area (Å²) in [7, 11) is 0. The van der Waals surface area contributed by atoms with Gasteiger partial charge in [0.25, 0.3) is 0 Å². The van der Waals surface area contributed by atoms with E-state index in [1.807, 2.05) is 6.08 Å². The van der Waals surface area contributed by atoms with Crippen LogP contribution in [-0.2, 0) is 28.6 Å². The van der Waals surface area contributed by atoms with Gasteiger partial charge in [-0.1, -0.05) is 365 Å². The van der Waals surface area contributed by atoms with E-state index in [1.54, 1.807) is 0 Å². The van der Waals surface area contributed by atoms with Crippen LogP contribution < -0.4 is 0 Å². The zero-order chi connectivity index (χ0) is 57.1. The second kappa shape index (κ2) is 67.9. The fourth-order valence-electron chi connectivity index (χ4n) is 10.6. The summed E-state index contributed by atoms with van der Waals surface area (Å²) in [6.07, 6.45) is 86.2. The molecule has 0 spiro atoms. The van der Waals surface area contributed by atoms with Crippen LogP contribution in [0.1, 0.15) is 380 Å². The molecule has 0 rings (SSSR count). The highest BCUT2D eigenvalue weighted by Gasteiger charge is 2.19. The quantitative estimate of drug-likeness (QED) is 0.0261. The number of carbonyl (C=O) groups is 3. The molecule has 0 aromatic rings. The van der Waals surface area contributed by atoms with E-state index < -0.39 is 6.10 Å². The van der Waals surface area contributed by atoms with Crippen LogP contribution >= 0.6 is 0 Å². The highest BCUT2D eigenvalue weighted by Crippen LogP contribution is 2.19. The van der Waals surface area contributed by atoms with E-state index in [2.05, 4.69) is 63.3 Å². The van der Waals surface area contributed by atoms with Gasteiger partial charge in [0.2, 0.25) is 0 Å². The molecular weight excluding hydrogens is 973 g/mol. The summed E-state index contributed by atoms with van der Waals surface area (Å²) in [5.74, 6) is -0.953. The van der Waals surface area contributed by atoms with Gasteiger partial charge in [0, 0.05) is 19.3 Å². The molecule has 0 amide bonds. The third-order valence-corrected chi connectivity index (χ3v) is 15.9. The van der Waals surface area contributed by atoms with Gasteiger partial charge in [-0.05, 0) is 44.9 Å². The number of esters is 3. The molecule has 6 heteroatoms. The van der Waals surface area contributed by atoms with Crippen molar-refractivity contribution in [3.05, 3.63) is 48.6 Å². The van der Waals surface area contributed by atoms with Crippen LogP contribution in [0.25, 0.3) is 0 Å². The number of rotatable bonds is 65. The Morgan fingerprint density at radius 2 is 0.494 bits per heavy atom. The summed E-state index contributed by atoms with van der Waals surface area (Å²) in [5.41, 5.74) is 0. The minimum Gasteiger partial charge on any atom is -0.462 e. The summed E-state index contributed by atoms with van der Waals surface area (Å²) < 4.78 is 16.9. The van der Waals surface area contributed by atoms with Crippen LogP contribution in [0.5, 0.6) is 0 Å². The van der Waals surface area contributed by atoms with Gasteiger partial charge in [0.05, 0.1) is 0 Å². The SMILES string of the molecule is CC/C=C\C/C=C\C/C=C\C/C=C\CCC(=O)OCC(COC(=O)CCCCCCCCCCCCCCCCCCCCCCCCCCCCCCCCCCCC)OC(=O)CCCCCCCCCCCCCCCC. The monoisotopic (exact) mass is 1110 g/mol. The number of allylic oxidation sites excluding steroid dienone is 8. The summed E-state index contributed by atoms with van der Waals surface area (Å²) in [5, 5.41) is 0. The molecule has 0 fully saturated rings. The summed E-state index contributed by atoms with van der Waals surface area (Å²) in [6, 6.07) is 0. The fourth-order valence-corrected chi connectivity index (χ4v) is 10.6. The molecular formula is C73H134O6. The summed E-state index contributed by atoms with van der Waals surface area (Å²) in [6.45, 7) is 6.52. The van der Waals surface area contributed by atoms with Gasteiger partial charge in [-0.2, -0.15) is 0 Å². The lowest BCUT2D eigenvalue weighted by Gasteiger charge is -2.18. The van der Waals surface area contributed by atoms with Crippen molar-refractivity contribution in [1.29, 1.82) is 0 Å². The Morgan fingerprint density at radius 1 is 0.266 bits per heavy atom. The standard InChI is InChI=1S/C73H134O6/c1-4-7-10-13-16-19-22-25-27-28-29-30-31-32-33-34-35-36-37-38-39-40-41-42-43-44-45-46-49-51-54-57-60-63-66-72(75)78-69-70(68-77-71(74)65-62-59-56-53-50-47-24-21-18-15-12-9-6-3)79-73(76)67-64-61-58-55-52-48-26-23-20-17-14-11-8-5-2/h9,12,18,21,47,50,56,59,70H,4-8,10-11,13-17,19-20,22-46,48-49,51-55,57-58,60-69H2,1-3H3/b12-9-,21-18-,50-47-,59-56-. The Kier molecular flexibility index (Phi) is 65.6. The number of unbranched alkanes of at least 4 members (excludes halogenated alkanes) is 46. The molecule has 1 unspecified atom stereocenters. The molecule has 1 atom stereocenters. The first-order valence-electron chi connectivity index (χ1n) is 35.1. The minimum absolute atomic E-state index is 0.0902. The molecule has 0 aliphatic carbocycles. The van der Waals surface area contributed by atoms with Crippen molar-refractivity contribution in [1.82, 2.24) is 0 Å². The van der Waals surface area contributed by atoms with E-state index in [0.29, 0.717) is 19.3 Å². The lowest BCUT2D eigenvalue weighted by molar-refractivity contribution is -0.166. The van der Waals surface area contributed by atoms with Crippen LogP contribution in [0.15, 0.2) is 48.6 Å². The van der Waals surface area contributed by atoms with E-state index in [-0.39, 0.29) is 37.5 Å². The van der Waals surface area contributed by atoms with Gasteiger partial charge in [0.1, 0.15) is 13.2 Å². The van der Waals surface area contributed by atoms with Gasteiger partial charge in [0.15, 0.2) is 6.10 Å². The first kappa shape index (κ1) is 76.4. The van der Waals surface area contributed by atoms with Crippen molar-refractivity contribution in [2.75, 3.05) is 13.2 Å². The predicted octanol–water partition coefficient (Wildman–Crippen LogP) is 24.1. The van der Waals surface area contributed by atoms with E-state index >= 15 is 0 Å². The van der Waals surface area contributed by atoms with Crippen LogP contribution in [0.2, 0.25) is 0 Å². The van der Waals surface area contributed by atoms with Gasteiger partial charge < -0.3 is 14.2 Å². The molecule has 0 aromatic heterocycles. The Morgan fingerprint density at radius 3 is 0.772 bits per heavy atom. The molecule has 0 heterocycles. The van der Waals surface area contributed by atoms with E-state index in [1.165, 1.54) is 270 Å². The molecule has 0 bridgehead atoms. The molecule has 0 saturated carbocycles. The Labute approximate surface area is 492 Å². The second-order valence-electron chi connectivity index (χ2n) is 23.8. The van der Waals surface area contributed by atoms with Crippen LogP contribution in [0, 0.1) is 0 Å². The van der Waals surface area contributed by atoms with E-state index in [0.717, 1.165) is 64.2 Å². The number of ether oxygens (including phenoxy) is 3. The summed E-state index contributed by atoms with van der Waals surface area (Å²) >= 11 is 0. The van der Waals surface area contributed by atoms with Gasteiger partial charge in [-0.3, -0.25) is 14.4 Å². The zero-order valence-corrected chi connectivity index (χ0v) is 53.2. The molecule has 0 aliphatic rings. The van der Waals surface area contributed by atoms with E-state index in [9.17, 15) is 14.4 Å². The molecule has 0 aromatic carbocycles. The van der Waals surface area contributed by atoms with Crippen molar-refractivity contribution >= 4 is 17.9 Å². The molecule has 0 radical (unpaired) electrons. The van der Waals surface area contributed by atoms with Crippen molar-refractivity contribution in [2.24, 2.45) is 0 Å². The smallest absolute Gasteiger partial charge is 0.306 e. The maximum absolute atomic E-state index is 12.9. The second-order valence-corrected chi connectivity index (χ2v) is 23.8. The van der Waals surface area contributed by atoms with Crippen molar-refractivity contribution in [2.45, 2.75) is 386 Å². The number of carbonyl (C=O) groups excluding carboxylic acids is 3. The van der Waals surface area contributed by atoms with Crippen molar-refractivity contribution in [3.8, 4) is 0 Å². The predicted molar refractivity (Wildman–Crippen MR) is 344 cm³/mol. The fraction of sp³-hybridized carbons (Fsp3) is 0.849. The summed E-state index contributed by atoms with van der Waals surface area (Å²) in [4.78, 5) is 38.2. The Balaban J connectivity index is 4.06. The maximum atomic E-state index is 12.9. The minimum atomic E-state index is -0.799. The normalized spacial score (nSPS) is 12.3. The van der Waals surface area contributed by atoms with Crippen molar-refractivity contribution < 1.29 is 28.6 Å². The molecule has 79 heavy (non-hydrogen) atoms. The van der Waals surface area contributed by atoms with E-state index in [4.69, 9.17) is 14.2 Å². The third kappa shape index (κ3) is 66.1. The van der Waals surface area contributed by atoms with Gasteiger partial charge in [-0.15, -0.1) is 0 Å². The maximum Gasteiger partial charge on any atom is 0.306 e. The molecule has 0 N–H and O–H groups in total. The Hall–Kier alpha value is -2.63. The zero-order valence-electron chi connectivity index (χ0n) is 53.2. The molecule has 0 aliphatic heterocycles. The lowest BCUT2D eigenvalue weighted by Crippen LogP contribution is -2.30. The lowest BCUT2D eigenvalue weighted by atomic mass is 10.0. The van der Waals surface area contributed by atoms with Crippen LogP contribution in [-0.4, -0.2) is 37.2 Å². The highest BCUT2D eigenvalue weighted by atomic mass is 16.6. The number of hydrogen-bond acceptors (Lipinski definition) is 6.